The van der Waals surface area contributed by atoms with Crippen molar-refractivity contribution in [1.82, 2.24) is 10.2 Å². The molecule has 1 heterocycles. The van der Waals surface area contributed by atoms with Gasteiger partial charge in [0.25, 0.3) is 0 Å². The summed E-state index contributed by atoms with van der Waals surface area (Å²) in [5.41, 5.74) is 1.29. The molecule has 0 amide bonds. The summed E-state index contributed by atoms with van der Waals surface area (Å²) in [7, 11) is 2.16. The van der Waals surface area contributed by atoms with Gasteiger partial charge < -0.3 is 14.6 Å². The first-order valence-corrected chi connectivity index (χ1v) is 7.44. The Hall–Kier alpha value is -0.800. The van der Waals surface area contributed by atoms with E-state index in [0.29, 0.717) is 6.04 Å². The molecule has 0 radical (unpaired) electrons. The largest absolute Gasteiger partial charge is 0.469 e. The summed E-state index contributed by atoms with van der Waals surface area (Å²) in [5.74, 6) is 1.83. The third kappa shape index (κ3) is 6.79. The van der Waals surface area contributed by atoms with Crippen molar-refractivity contribution in [2.75, 3.05) is 20.1 Å². The van der Waals surface area contributed by atoms with Gasteiger partial charge in [-0.2, -0.15) is 0 Å². The second kappa shape index (κ2) is 8.39. The molecule has 1 N–H and O–H groups in total. The lowest BCUT2D eigenvalue weighted by Gasteiger charge is -2.19. The minimum absolute atomic E-state index is 0.617. The first kappa shape index (κ1) is 16.3. The summed E-state index contributed by atoms with van der Waals surface area (Å²) in [6.45, 7) is 12.0. The number of likely N-dealkylation sites (N-methyl/N-ethyl adjacent to an activating group) is 1. The van der Waals surface area contributed by atoms with E-state index >= 15 is 0 Å². The topological polar surface area (TPSA) is 28.4 Å². The Morgan fingerprint density at radius 3 is 2.58 bits per heavy atom. The van der Waals surface area contributed by atoms with E-state index in [1.54, 1.807) is 6.26 Å². The lowest BCUT2D eigenvalue weighted by molar-refractivity contribution is 0.312. The number of furan rings is 1. The average molecular weight is 266 g/mol. The zero-order valence-electron chi connectivity index (χ0n) is 13.2. The van der Waals surface area contributed by atoms with E-state index in [2.05, 4.69) is 44.1 Å². The Bertz CT molecular complexity index is 346. The Labute approximate surface area is 118 Å². The van der Waals surface area contributed by atoms with Crippen LogP contribution >= 0.6 is 0 Å². The molecule has 3 nitrogen and oxygen atoms in total. The van der Waals surface area contributed by atoms with Gasteiger partial charge in [-0.25, -0.2) is 0 Å². The Balaban J connectivity index is 2.13. The molecule has 0 aliphatic carbocycles. The van der Waals surface area contributed by atoms with Crippen LogP contribution in [0.3, 0.4) is 0 Å². The summed E-state index contributed by atoms with van der Waals surface area (Å²) in [6, 6.07) is 2.68. The molecular weight excluding hydrogens is 236 g/mol. The van der Waals surface area contributed by atoms with Gasteiger partial charge in [0, 0.05) is 31.2 Å². The average Bonchev–Trinajstić information content (AvgIpc) is 2.72. The predicted octanol–water partition coefficient (Wildman–Crippen LogP) is 3.43. The molecule has 1 atom stereocenters. The van der Waals surface area contributed by atoms with Crippen molar-refractivity contribution in [3.05, 3.63) is 23.7 Å². The van der Waals surface area contributed by atoms with Gasteiger partial charge in [0.15, 0.2) is 0 Å². The maximum atomic E-state index is 5.32. The van der Waals surface area contributed by atoms with Crippen molar-refractivity contribution < 1.29 is 4.42 Å². The van der Waals surface area contributed by atoms with Crippen molar-refractivity contribution in [2.45, 2.75) is 53.1 Å². The third-order valence-electron chi connectivity index (χ3n) is 3.57. The van der Waals surface area contributed by atoms with E-state index in [1.165, 1.54) is 18.4 Å². The Kier molecular flexibility index (Phi) is 7.17. The van der Waals surface area contributed by atoms with Crippen LogP contribution in [0.15, 0.2) is 16.7 Å². The highest BCUT2D eigenvalue weighted by Crippen LogP contribution is 2.10. The molecule has 0 saturated carbocycles. The highest BCUT2D eigenvalue weighted by atomic mass is 16.3. The Morgan fingerprint density at radius 1 is 1.26 bits per heavy atom. The predicted molar refractivity (Wildman–Crippen MR) is 81.3 cm³/mol. The number of nitrogens with one attached hydrogen (secondary N) is 1. The van der Waals surface area contributed by atoms with Crippen LogP contribution < -0.4 is 5.32 Å². The van der Waals surface area contributed by atoms with E-state index in [1.807, 2.05) is 6.92 Å². The first-order valence-electron chi connectivity index (χ1n) is 7.44. The van der Waals surface area contributed by atoms with Crippen LogP contribution in [0.2, 0.25) is 0 Å². The fraction of sp³-hybridized carbons (Fsp3) is 0.750. The van der Waals surface area contributed by atoms with Crippen molar-refractivity contribution in [1.29, 1.82) is 0 Å². The smallest absolute Gasteiger partial charge is 0.105 e. The lowest BCUT2D eigenvalue weighted by atomic mass is 10.0. The molecule has 1 rings (SSSR count). The lowest BCUT2D eigenvalue weighted by Crippen LogP contribution is -2.34. The molecule has 0 aliphatic heterocycles. The molecule has 3 heteroatoms. The summed E-state index contributed by atoms with van der Waals surface area (Å²) >= 11 is 0. The van der Waals surface area contributed by atoms with Crippen molar-refractivity contribution in [2.24, 2.45) is 5.92 Å². The molecule has 0 saturated heterocycles. The van der Waals surface area contributed by atoms with Gasteiger partial charge in [0.2, 0.25) is 0 Å². The second-order valence-electron chi connectivity index (χ2n) is 6.07. The first-order chi connectivity index (χ1) is 8.99. The highest BCUT2D eigenvalue weighted by molar-refractivity contribution is 5.14. The van der Waals surface area contributed by atoms with Crippen LogP contribution in [0.25, 0.3) is 0 Å². The fourth-order valence-electron chi connectivity index (χ4n) is 2.13. The molecule has 0 bridgehead atoms. The van der Waals surface area contributed by atoms with Gasteiger partial charge in [0.05, 0.1) is 6.26 Å². The molecule has 1 aromatic rings. The normalized spacial score (nSPS) is 13.4. The minimum atomic E-state index is 0.617. The van der Waals surface area contributed by atoms with Gasteiger partial charge >= 0.3 is 0 Å². The molecule has 0 fully saturated rings. The van der Waals surface area contributed by atoms with Crippen LogP contribution in [0.4, 0.5) is 0 Å². The van der Waals surface area contributed by atoms with Gasteiger partial charge in [0.1, 0.15) is 5.76 Å². The minimum Gasteiger partial charge on any atom is -0.469 e. The van der Waals surface area contributed by atoms with Gasteiger partial charge in [-0.1, -0.05) is 13.8 Å². The van der Waals surface area contributed by atoms with E-state index in [0.717, 1.165) is 31.3 Å². The van der Waals surface area contributed by atoms with Gasteiger partial charge in [-0.3, -0.25) is 0 Å². The molecule has 19 heavy (non-hydrogen) atoms. The Morgan fingerprint density at radius 2 is 2.00 bits per heavy atom. The van der Waals surface area contributed by atoms with Crippen molar-refractivity contribution in [3.8, 4) is 0 Å². The zero-order chi connectivity index (χ0) is 14.3. The van der Waals surface area contributed by atoms with E-state index in [-0.39, 0.29) is 0 Å². The summed E-state index contributed by atoms with van der Waals surface area (Å²) < 4.78 is 5.32. The molecule has 0 aliphatic rings. The third-order valence-corrected chi connectivity index (χ3v) is 3.57. The van der Waals surface area contributed by atoms with E-state index in [9.17, 15) is 0 Å². The van der Waals surface area contributed by atoms with Crippen LogP contribution in [-0.2, 0) is 6.54 Å². The van der Waals surface area contributed by atoms with E-state index in [4.69, 9.17) is 4.42 Å². The molecule has 1 unspecified atom stereocenters. The quantitative estimate of drug-likeness (QED) is 0.742. The van der Waals surface area contributed by atoms with Crippen LogP contribution in [-0.4, -0.2) is 31.1 Å². The second-order valence-corrected chi connectivity index (χ2v) is 6.07. The maximum Gasteiger partial charge on any atom is 0.105 e. The molecule has 0 aromatic carbocycles. The summed E-state index contributed by atoms with van der Waals surface area (Å²) in [5, 5.41) is 3.60. The van der Waals surface area contributed by atoms with Gasteiger partial charge in [-0.05, 0) is 45.7 Å². The molecule has 1 aromatic heterocycles. The van der Waals surface area contributed by atoms with Gasteiger partial charge in [-0.15, -0.1) is 0 Å². The highest BCUT2D eigenvalue weighted by Gasteiger charge is 2.06. The molecule has 110 valence electrons. The number of aryl methyl sites for hydroxylation is 1. The van der Waals surface area contributed by atoms with Crippen LogP contribution in [0.5, 0.6) is 0 Å². The maximum absolute atomic E-state index is 5.32. The number of hydrogen-bond acceptors (Lipinski definition) is 3. The monoisotopic (exact) mass is 266 g/mol. The fourth-order valence-corrected chi connectivity index (χ4v) is 2.13. The number of hydrogen-bond donors (Lipinski definition) is 1. The van der Waals surface area contributed by atoms with Crippen LogP contribution in [0.1, 0.15) is 44.9 Å². The van der Waals surface area contributed by atoms with Crippen molar-refractivity contribution >= 4 is 0 Å². The molecular formula is C16H30N2O. The van der Waals surface area contributed by atoms with Crippen molar-refractivity contribution in [3.63, 3.8) is 0 Å². The number of nitrogens with zero attached hydrogens (tertiary/aromatic N) is 1. The summed E-state index contributed by atoms with van der Waals surface area (Å²) in [6.07, 6.45) is 4.34. The SMILES string of the molecule is Cc1occc1CN(C)CCNC(C)CCC(C)C. The molecule has 0 spiro atoms. The number of rotatable bonds is 9. The standard InChI is InChI=1S/C16H30N2O/c1-13(2)6-7-14(3)17-9-10-18(5)12-16-8-11-19-15(16)4/h8,11,13-14,17H,6-7,9-10,12H2,1-5H3. The zero-order valence-corrected chi connectivity index (χ0v) is 13.2. The van der Waals surface area contributed by atoms with Crippen LogP contribution in [0, 0.1) is 12.8 Å². The van der Waals surface area contributed by atoms with E-state index < -0.39 is 0 Å². The summed E-state index contributed by atoms with van der Waals surface area (Å²) in [4.78, 5) is 2.33.